The lowest BCUT2D eigenvalue weighted by Crippen LogP contribution is -2.38. The molecule has 5 rings (SSSR count). The third kappa shape index (κ3) is 3.42. The number of ketones is 1. The predicted octanol–water partition coefficient (Wildman–Crippen LogP) is 4.07. The molecule has 2 aromatic rings. The van der Waals surface area contributed by atoms with Crippen LogP contribution in [0.4, 0.5) is 5.13 Å². The molecule has 0 fully saturated rings. The van der Waals surface area contributed by atoms with Gasteiger partial charge in [-0.2, -0.15) is 5.26 Å². The minimum atomic E-state index is -0.546. The van der Waals surface area contributed by atoms with E-state index in [0.717, 1.165) is 34.2 Å². The van der Waals surface area contributed by atoms with Gasteiger partial charge in [0.15, 0.2) is 21.6 Å². The topological polar surface area (TPSA) is 114 Å². The number of hydrogen-bond acceptors (Lipinski definition) is 10. The van der Waals surface area contributed by atoms with Crippen molar-refractivity contribution in [2.24, 2.45) is 5.73 Å². The molecular formula is C22H21N5O3S2. The Bertz CT molecular complexity index is 1200. The van der Waals surface area contributed by atoms with Crippen LogP contribution in [0.2, 0.25) is 0 Å². The molecule has 164 valence electrons. The number of fused-ring (bicyclic) bond motifs is 1. The van der Waals surface area contributed by atoms with Crippen LogP contribution in [0.1, 0.15) is 44.1 Å². The zero-order valence-electron chi connectivity index (χ0n) is 17.5. The first-order valence-electron chi connectivity index (χ1n) is 10.4. The van der Waals surface area contributed by atoms with Gasteiger partial charge in [0, 0.05) is 23.4 Å². The van der Waals surface area contributed by atoms with Crippen molar-refractivity contribution in [3.05, 3.63) is 46.4 Å². The summed E-state index contributed by atoms with van der Waals surface area (Å²) in [4.78, 5) is 15.0. The van der Waals surface area contributed by atoms with Gasteiger partial charge in [-0.3, -0.25) is 9.69 Å². The number of carbonyl (C=O) groups is 1. The number of hydrogen-bond donors (Lipinski definition) is 1. The molecule has 0 bridgehead atoms. The highest BCUT2D eigenvalue weighted by molar-refractivity contribution is 8.01. The molecule has 1 unspecified atom stereocenters. The Labute approximate surface area is 193 Å². The maximum Gasteiger partial charge on any atom is 0.231 e. The van der Waals surface area contributed by atoms with Crippen LogP contribution in [0, 0.1) is 11.3 Å². The van der Waals surface area contributed by atoms with Crippen LogP contribution in [-0.2, 0) is 4.79 Å². The van der Waals surface area contributed by atoms with E-state index in [1.54, 1.807) is 16.7 Å². The van der Waals surface area contributed by atoms with Crippen molar-refractivity contribution in [2.75, 3.05) is 17.4 Å². The van der Waals surface area contributed by atoms with Crippen LogP contribution in [0.15, 0.2) is 45.2 Å². The third-order valence-corrected chi connectivity index (χ3v) is 7.91. The number of ether oxygens (including phenoxy) is 2. The first-order chi connectivity index (χ1) is 15.6. The van der Waals surface area contributed by atoms with E-state index in [0.29, 0.717) is 46.4 Å². The van der Waals surface area contributed by atoms with Crippen LogP contribution in [-0.4, -0.2) is 28.5 Å². The van der Waals surface area contributed by atoms with E-state index in [9.17, 15) is 10.1 Å². The van der Waals surface area contributed by atoms with E-state index in [1.165, 1.54) is 11.3 Å². The molecule has 3 heterocycles. The first-order valence-corrected chi connectivity index (χ1v) is 12.2. The molecule has 1 aromatic heterocycles. The van der Waals surface area contributed by atoms with Crippen molar-refractivity contribution in [3.63, 3.8) is 0 Å². The number of aromatic nitrogens is 2. The van der Waals surface area contributed by atoms with Gasteiger partial charge in [-0.05, 0) is 37.0 Å². The average Bonchev–Trinajstić information content (AvgIpc) is 3.46. The van der Waals surface area contributed by atoms with Crippen molar-refractivity contribution < 1.29 is 14.3 Å². The lowest BCUT2D eigenvalue weighted by molar-refractivity contribution is -0.116. The van der Waals surface area contributed by atoms with E-state index in [2.05, 4.69) is 23.2 Å². The second kappa shape index (κ2) is 8.48. The standard InChI is InChI=1S/C22H21N5O3S2/c1-2-8-31-22-26-25-21(32-22)27-14-4-3-5-15(28)19(14)18(13(10-23)20(27)24)12-6-7-16-17(9-12)30-11-29-16/h6-7,9,18H,2-5,8,11,24H2,1H3. The molecule has 3 aliphatic rings. The molecule has 8 nitrogen and oxygen atoms in total. The number of Topliss-reactive ketones (excluding diaryl/α,β-unsaturated/α-hetero) is 1. The van der Waals surface area contributed by atoms with Gasteiger partial charge in [0.1, 0.15) is 5.82 Å². The molecule has 0 radical (unpaired) electrons. The van der Waals surface area contributed by atoms with Crippen molar-refractivity contribution in [1.82, 2.24) is 10.2 Å². The van der Waals surface area contributed by atoms with Gasteiger partial charge in [-0.25, -0.2) is 0 Å². The summed E-state index contributed by atoms with van der Waals surface area (Å²) in [5.74, 6) is 1.98. The maximum absolute atomic E-state index is 13.2. The molecule has 2 N–H and O–H groups in total. The Morgan fingerprint density at radius 3 is 2.97 bits per heavy atom. The summed E-state index contributed by atoms with van der Waals surface area (Å²) >= 11 is 3.07. The van der Waals surface area contributed by atoms with Crippen LogP contribution < -0.4 is 20.1 Å². The zero-order valence-corrected chi connectivity index (χ0v) is 19.1. The maximum atomic E-state index is 13.2. The van der Waals surface area contributed by atoms with Gasteiger partial charge >= 0.3 is 0 Å². The lowest BCUT2D eigenvalue weighted by Gasteiger charge is -2.38. The van der Waals surface area contributed by atoms with E-state index in [4.69, 9.17) is 15.2 Å². The predicted molar refractivity (Wildman–Crippen MR) is 121 cm³/mol. The highest BCUT2D eigenvalue weighted by Gasteiger charge is 2.41. The van der Waals surface area contributed by atoms with Crippen molar-refractivity contribution in [2.45, 2.75) is 42.9 Å². The fraction of sp³-hybridized carbons (Fsp3) is 0.364. The number of allylic oxidation sites excluding steroid dienone is 3. The fourth-order valence-electron chi connectivity index (χ4n) is 4.27. The first kappa shape index (κ1) is 20.8. The summed E-state index contributed by atoms with van der Waals surface area (Å²) in [6.07, 6.45) is 2.89. The molecule has 32 heavy (non-hydrogen) atoms. The normalized spacial score (nSPS) is 19.9. The molecule has 2 aliphatic heterocycles. The van der Waals surface area contributed by atoms with E-state index >= 15 is 0 Å². The van der Waals surface area contributed by atoms with Crippen molar-refractivity contribution in [3.8, 4) is 17.6 Å². The van der Waals surface area contributed by atoms with Gasteiger partial charge < -0.3 is 15.2 Å². The number of nitrogens with zero attached hydrogens (tertiary/aromatic N) is 4. The number of nitrogens with two attached hydrogens (primary N) is 1. The van der Waals surface area contributed by atoms with Crippen molar-refractivity contribution in [1.29, 1.82) is 5.26 Å². The summed E-state index contributed by atoms with van der Waals surface area (Å²) in [6, 6.07) is 7.79. The summed E-state index contributed by atoms with van der Waals surface area (Å²) in [7, 11) is 0. The average molecular weight is 468 g/mol. The second-order valence-electron chi connectivity index (χ2n) is 7.63. The summed E-state index contributed by atoms with van der Waals surface area (Å²) in [6.45, 7) is 2.27. The van der Waals surface area contributed by atoms with Gasteiger partial charge in [-0.15, -0.1) is 10.2 Å². The Morgan fingerprint density at radius 2 is 2.16 bits per heavy atom. The summed E-state index contributed by atoms with van der Waals surface area (Å²) in [5.41, 5.74) is 9.12. The molecule has 1 aliphatic carbocycles. The number of rotatable bonds is 5. The summed E-state index contributed by atoms with van der Waals surface area (Å²) < 4.78 is 11.8. The molecule has 0 amide bonds. The third-order valence-electron chi connectivity index (χ3n) is 5.66. The number of benzene rings is 1. The molecule has 10 heteroatoms. The zero-order chi connectivity index (χ0) is 22.2. The van der Waals surface area contributed by atoms with Gasteiger partial charge in [0.2, 0.25) is 11.9 Å². The Kier molecular flexibility index (Phi) is 5.53. The monoisotopic (exact) mass is 467 g/mol. The molecule has 0 spiro atoms. The summed E-state index contributed by atoms with van der Waals surface area (Å²) in [5, 5.41) is 19.3. The Morgan fingerprint density at radius 1 is 1.31 bits per heavy atom. The van der Waals surface area contributed by atoms with E-state index < -0.39 is 5.92 Å². The lowest BCUT2D eigenvalue weighted by atomic mass is 9.76. The fourth-order valence-corrected chi connectivity index (χ4v) is 6.08. The number of nitriles is 1. The Hall–Kier alpha value is -3.03. The number of thioether (sulfide) groups is 1. The Balaban J connectivity index is 1.64. The molecule has 1 aromatic carbocycles. The SMILES string of the molecule is CCCSc1nnc(N2C(N)=C(C#N)C(c3ccc4c(c3)OCO4)C3=C2CCCC3=O)s1. The van der Waals surface area contributed by atoms with Gasteiger partial charge in [0.25, 0.3) is 0 Å². The molecular weight excluding hydrogens is 446 g/mol. The van der Waals surface area contributed by atoms with Gasteiger partial charge in [0.05, 0.1) is 17.6 Å². The van der Waals surface area contributed by atoms with Crippen LogP contribution in [0.25, 0.3) is 0 Å². The van der Waals surface area contributed by atoms with E-state index in [-0.39, 0.29) is 12.6 Å². The molecule has 0 saturated carbocycles. The van der Waals surface area contributed by atoms with Crippen LogP contribution >= 0.6 is 23.1 Å². The highest BCUT2D eigenvalue weighted by Crippen LogP contribution is 2.48. The van der Waals surface area contributed by atoms with Gasteiger partial charge in [-0.1, -0.05) is 36.1 Å². The molecule has 1 atom stereocenters. The van der Waals surface area contributed by atoms with E-state index in [1.807, 2.05) is 18.2 Å². The molecule has 0 saturated heterocycles. The quantitative estimate of drug-likeness (QED) is 0.650. The minimum Gasteiger partial charge on any atom is -0.454 e. The highest BCUT2D eigenvalue weighted by atomic mass is 32.2. The number of anilines is 1. The largest absolute Gasteiger partial charge is 0.454 e. The smallest absolute Gasteiger partial charge is 0.231 e. The van der Waals surface area contributed by atoms with Crippen molar-refractivity contribution >= 4 is 34.0 Å². The minimum absolute atomic E-state index is 0.0317. The van der Waals surface area contributed by atoms with Crippen LogP contribution in [0.5, 0.6) is 11.5 Å². The number of carbonyl (C=O) groups excluding carboxylic acids is 1. The van der Waals surface area contributed by atoms with Crippen LogP contribution in [0.3, 0.4) is 0 Å². The second-order valence-corrected chi connectivity index (χ2v) is 9.93.